The molecule has 0 bridgehead atoms. The molecule has 0 heterocycles. The van der Waals surface area contributed by atoms with Gasteiger partial charge >= 0.3 is 0 Å². The van der Waals surface area contributed by atoms with Crippen molar-refractivity contribution in [2.24, 2.45) is 0 Å². The molecule has 0 aliphatic heterocycles. The molecular weight excluding hydrogens is 184 g/mol. The molecule has 1 aromatic carbocycles. The SMILES string of the molecule is CC(=O)Nc1ccc(NCS)cc1. The summed E-state index contributed by atoms with van der Waals surface area (Å²) in [5.41, 5.74) is 1.79. The highest BCUT2D eigenvalue weighted by molar-refractivity contribution is 7.80. The van der Waals surface area contributed by atoms with Crippen LogP contribution in [0.4, 0.5) is 11.4 Å². The van der Waals surface area contributed by atoms with Gasteiger partial charge in [0.25, 0.3) is 0 Å². The Bertz CT molecular complexity index is 284. The molecule has 3 nitrogen and oxygen atoms in total. The molecule has 0 saturated heterocycles. The third-order valence-electron chi connectivity index (χ3n) is 1.49. The van der Waals surface area contributed by atoms with Crippen molar-refractivity contribution in [3.05, 3.63) is 24.3 Å². The summed E-state index contributed by atoms with van der Waals surface area (Å²) in [6.07, 6.45) is 0. The molecule has 4 heteroatoms. The summed E-state index contributed by atoms with van der Waals surface area (Å²) in [6, 6.07) is 7.46. The van der Waals surface area contributed by atoms with Gasteiger partial charge in [-0.15, -0.1) is 0 Å². The van der Waals surface area contributed by atoms with Crippen LogP contribution in [-0.4, -0.2) is 11.8 Å². The second-order valence-corrected chi connectivity index (χ2v) is 2.91. The number of benzene rings is 1. The van der Waals surface area contributed by atoms with Crippen LogP contribution in [0.2, 0.25) is 0 Å². The van der Waals surface area contributed by atoms with E-state index in [2.05, 4.69) is 23.3 Å². The zero-order chi connectivity index (χ0) is 9.68. The minimum Gasteiger partial charge on any atom is -0.376 e. The van der Waals surface area contributed by atoms with Crippen LogP contribution in [0.3, 0.4) is 0 Å². The Morgan fingerprint density at radius 1 is 1.31 bits per heavy atom. The van der Waals surface area contributed by atoms with E-state index in [9.17, 15) is 4.79 Å². The molecule has 0 fully saturated rings. The number of anilines is 2. The molecule has 0 atom stereocenters. The number of thiol groups is 1. The first-order valence-electron chi connectivity index (χ1n) is 3.95. The molecule has 1 amide bonds. The number of nitrogens with one attached hydrogen (secondary N) is 2. The lowest BCUT2D eigenvalue weighted by molar-refractivity contribution is -0.114. The van der Waals surface area contributed by atoms with Gasteiger partial charge in [0.15, 0.2) is 0 Å². The van der Waals surface area contributed by atoms with Crippen molar-refractivity contribution >= 4 is 29.9 Å². The van der Waals surface area contributed by atoms with E-state index in [1.165, 1.54) is 6.92 Å². The fraction of sp³-hybridized carbons (Fsp3) is 0.222. The molecule has 70 valence electrons. The smallest absolute Gasteiger partial charge is 0.221 e. The first-order chi connectivity index (χ1) is 6.22. The van der Waals surface area contributed by atoms with Crippen LogP contribution in [0.15, 0.2) is 24.3 Å². The number of hydrogen-bond acceptors (Lipinski definition) is 3. The standard InChI is InChI=1S/C9H12N2OS/c1-7(12)11-9-4-2-8(3-5-9)10-6-13/h2-5,10,13H,6H2,1H3,(H,11,12). The molecule has 0 radical (unpaired) electrons. The molecule has 1 aromatic rings. The lowest BCUT2D eigenvalue weighted by Gasteiger charge is -2.04. The molecule has 13 heavy (non-hydrogen) atoms. The van der Waals surface area contributed by atoms with E-state index in [4.69, 9.17) is 0 Å². The highest BCUT2D eigenvalue weighted by Crippen LogP contribution is 2.13. The van der Waals surface area contributed by atoms with Crippen LogP contribution in [0.1, 0.15) is 6.92 Å². The maximum absolute atomic E-state index is 10.7. The van der Waals surface area contributed by atoms with Crippen LogP contribution in [0, 0.1) is 0 Å². The number of carbonyl (C=O) groups is 1. The van der Waals surface area contributed by atoms with E-state index in [1.54, 1.807) is 0 Å². The Kier molecular flexibility index (Phi) is 3.64. The number of hydrogen-bond donors (Lipinski definition) is 3. The topological polar surface area (TPSA) is 41.1 Å². The van der Waals surface area contributed by atoms with E-state index < -0.39 is 0 Å². The summed E-state index contributed by atoms with van der Waals surface area (Å²) in [5, 5.41) is 5.73. The number of amides is 1. The van der Waals surface area contributed by atoms with Gasteiger partial charge in [0.1, 0.15) is 0 Å². The van der Waals surface area contributed by atoms with Gasteiger partial charge in [-0.2, -0.15) is 12.6 Å². The van der Waals surface area contributed by atoms with Gasteiger partial charge in [-0.05, 0) is 24.3 Å². The summed E-state index contributed by atoms with van der Waals surface area (Å²) < 4.78 is 0. The Balaban J connectivity index is 2.64. The fourth-order valence-corrected chi connectivity index (χ4v) is 1.15. The normalized spacial score (nSPS) is 9.38. The molecule has 0 aliphatic rings. The van der Waals surface area contributed by atoms with Gasteiger partial charge in [0.05, 0.1) is 5.88 Å². The van der Waals surface area contributed by atoms with Crippen molar-refractivity contribution in [3.8, 4) is 0 Å². The quantitative estimate of drug-likeness (QED) is 0.511. The van der Waals surface area contributed by atoms with Crippen molar-refractivity contribution in [2.45, 2.75) is 6.92 Å². The highest BCUT2D eigenvalue weighted by Gasteiger charge is 1.94. The summed E-state index contributed by atoms with van der Waals surface area (Å²) in [6.45, 7) is 1.49. The monoisotopic (exact) mass is 196 g/mol. The van der Waals surface area contributed by atoms with Crippen molar-refractivity contribution in [3.63, 3.8) is 0 Å². The summed E-state index contributed by atoms with van der Waals surface area (Å²) in [7, 11) is 0. The van der Waals surface area contributed by atoms with E-state index >= 15 is 0 Å². The maximum atomic E-state index is 10.7. The third kappa shape index (κ3) is 3.38. The second kappa shape index (κ2) is 4.77. The molecule has 0 aromatic heterocycles. The van der Waals surface area contributed by atoms with Crippen LogP contribution >= 0.6 is 12.6 Å². The lowest BCUT2D eigenvalue weighted by Crippen LogP contribution is -2.05. The first kappa shape index (κ1) is 9.92. The van der Waals surface area contributed by atoms with Gasteiger partial charge < -0.3 is 10.6 Å². The molecular formula is C9H12N2OS. The summed E-state index contributed by atoms with van der Waals surface area (Å²) >= 11 is 4.03. The Morgan fingerprint density at radius 3 is 2.31 bits per heavy atom. The van der Waals surface area contributed by atoms with Gasteiger partial charge in [0.2, 0.25) is 5.91 Å². The van der Waals surface area contributed by atoms with Crippen LogP contribution in [0.25, 0.3) is 0 Å². The predicted molar refractivity (Wildman–Crippen MR) is 58.2 cm³/mol. The predicted octanol–water partition coefficient (Wildman–Crippen LogP) is 1.94. The minimum atomic E-state index is -0.0603. The number of carbonyl (C=O) groups excluding carboxylic acids is 1. The Hall–Kier alpha value is -1.16. The van der Waals surface area contributed by atoms with Crippen molar-refractivity contribution in [1.29, 1.82) is 0 Å². The van der Waals surface area contributed by atoms with E-state index in [0.717, 1.165) is 11.4 Å². The molecule has 2 N–H and O–H groups in total. The first-order valence-corrected chi connectivity index (χ1v) is 4.58. The van der Waals surface area contributed by atoms with E-state index in [1.807, 2.05) is 24.3 Å². The average molecular weight is 196 g/mol. The zero-order valence-electron chi connectivity index (χ0n) is 7.37. The molecule has 0 unspecified atom stereocenters. The molecule has 1 rings (SSSR count). The maximum Gasteiger partial charge on any atom is 0.221 e. The zero-order valence-corrected chi connectivity index (χ0v) is 8.27. The summed E-state index contributed by atoms with van der Waals surface area (Å²) in [4.78, 5) is 10.7. The minimum absolute atomic E-state index is 0.0603. The average Bonchev–Trinajstić information content (AvgIpc) is 2.08. The van der Waals surface area contributed by atoms with Crippen molar-refractivity contribution < 1.29 is 4.79 Å². The second-order valence-electron chi connectivity index (χ2n) is 2.59. The Labute approximate surface area is 82.9 Å². The van der Waals surface area contributed by atoms with Crippen LogP contribution in [0.5, 0.6) is 0 Å². The van der Waals surface area contributed by atoms with Gasteiger partial charge in [-0.25, -0.2) is 0 Å². The van der Waals surface area contributed by atoms with E-state index in [-0.39, 0.29) is 5.91 Å². The van der Waals surface area contributed by atoms with Crippen LogP contribution in [-0.2, 0) is 4.79 Å². The molecule has 0 spiro atoms. The molecule has 0 aliphatic carbocycles. The largest absolute Gasteiger partial charge is 0.376 e. The van der Waals surface area contributed by atoms with Crippen LogP contribution < -0.4 is 10.6 Å². The third-order valence-corrected chi connectivity index (χ3v) is 1.65. The van der Waals surface area contributed by atoms with Gasteiger partial charge in [-0.3, -0.25) is 4.79 Å². The summed E-state index contributed by atoms with van der Waals surface area (Å²) in [5.74, 6) is 0.536. The van der Waals surface area contributed by atoms with Crippen molar-refractivity contribution in [1.82, 2.24) is 0 Å². The Morgan fingerprint density at radius 2 is 1.85 bits per heavy atom. The van der Waals surface area contributed by atoms with Gasteiger partial charge in [-0.1, -0.05) is 0 Å². The van der Waals surface area contributed by atoms with Crippen molar-refractivity contribution in [2.75, 3.05) is 16.5 Å². The number of rotatable bonds is 3. The highest BCUT2D eigenvalue weighted by atomic mass is 32.1. The lowest BCUT2D eigenvalue weighted by atomic mass is 10.3. The molecule has 0 saturated carbocycles. The van der Waals surface area contributed by atoms with E-state index in [0.29, 0.717) is 5.88 Å². The van der Waals surface area contributed by atoms with Gasteiger partial charge in [0, 0.05) is 18.3 Å². The fourth-order valence-electron chi connectivity index (χ4n) is 0.966.